The lowest BCUT2D eigenvalue weighted by Gasteiger charge is -2.25. The first-order valence-corrected chi connectivity index (χ1v) is 7.80. The number of carbonyl (C=O) groups excluding carboxylic acids is 1. The Morgan fingerprint density at radius 3 is 2.46 bits per heavy atom. The van der Waals surface area contributed by atoms with Crippen LogP contribution in [0.25, 0.3) is 11.0 Å². The molecule has 1 N–H and O–H groups in total. The van der Waals surface area contributed by atoms with Crippen LogP contribution in [-0.4, -0.2) is 39.0 Å². The van der Waals surface area contributed by atoms with Gasteiger partial charge in [0.25, 0.3) is 5.91 Å². The summed E-state index contributed by atoms with van der Waals surface area (Å²) in [6.45, 7) is 2.01. The Bertz CT molecular complexity index is 862. The maximum Gasteiger partial charge on any atom is 0.253 e. The number of nitrogens with zero attached hydrogens (tertiary/aromatic N) is 3. The molecular weight excluding hydrogens is 302 g/mol. The third-order valence-corrected chi connectivity index (χ3v) is 4.17. The highest BCUT2D eigenvalue weighted by molar-refractivity contribution is 5.97. The second kappa shape index (κ2) is 6.66. The van der Waals surface area contributed by atoms with E-state index in [1.807, 2.05) is 25.1 Å². The van der Waals surface area contributed by atoms with E-state index in [0.717, 1.165) is 17.5 Å². The largest absolute Gasteiger partial charge is 0.508 e. The van der Waals surface area contributed by atoms with Crippen molar-refractivity contribution in [1.82, 2.24) is 14.9 Å². The smallest absolute Gasteiger partial charge is 0.253 e. The minimum absolute atomic E-state index is 0.0274. The predicted molar refractivity (Wildman–Crippen MR) is 92.9 cm³/mol. The molecule has 3 aromatic rings. The van der Waals surface area contributed by atoms with Gasteiger partial charge in [0, 0.05) is 31.0 Å². The number of carbonyl (C=O) groups is 1. The quantitative estimate of drug-likeness (QED) is 0.802. The lowest BCUT2D eigenvalue weighted by molar-refractivity contribution is 0.0743. The average molecular weight is 321 g/mol. The van der Waals surface area contributed by atoms with Gasteiger partial charge in [-0.1, -0.05) is 12.1 Å². The molecule has 5 nitrogen and oxygen atoms in total. The number of hydrogen-bond donors (Lipinski definition) is 1. The molecule has 5 heteroatoms. The van der Waals surface area contributed by atoms with Crippen LogP contribution in [0.15, 0.2) is 54.9 Å². The van der Waals surface area contributed by atoms with Gasteiger partial charge in [-0.2, -0.15) is 0 Å². The number of aromatic nitrogens is 2. The SMILES string of the molecule is CC(Cc1ccc(O)cc1)N(C)C(=O)c1ccc2nccnc2c1. The van der Waals surface area contributed by atoms with Crippen LogP contribution in [0.2, 0.25) is 0 Å². The summed E-state index contributed by atoms with van der Waals surface area (Å²) in [5.74, 6) is 0.196. The fourth-order valence-corrected chi connectivity index (χ4v) is 2.61. The summed E-state index contributed by atoms with van der Waals surface area (Å²) in [5, 5.41) is 9.35. The Hall–Kier alpha value is -2.95. The molecule has 0 aliphatic rings. The predicted octanol–water partition coefficient (Wildman–Crippen LogP) is 3.04. The van der Waals surface area contributed by atoms with E-state index in [9.17, 15) is 9.90 Å². The van der Waals surface area contributed by atoms with Crippen molar-refractivity contribution in [2.45, 2.75) is 19.4 Å². The number of rotatable bonds is 4. The van der Waals surface area contributed by atoms with Gasteiger partial charge in [-0.25, -0.2) is 0 Å². The van der Waals surface area contributed by atoms with Gasteiger partial charge in [-0.05, 0) is 49.2 Å². The molecule has 0 saturated carbocycles. The van der Waals surface area contributed by atoms with Crippen molar-refractivity contribution >= 4 is 16.9 Å². The Morgan fingerprint density at radius 1 is 1.08 bits per heavy atom. The van der Waals surface area contributed by atoms with E-state index in [4.69, 9.17) is 0 Å². The van der Waals surface area contributed by atoms with Crippen molar-refractivity contribution in [2.24, 2.45) is 0 Å². The van der Waals surface area contributed by atoms with Crippen molar-refractivity contribution < 1.29 is 9.90 Å². The molecule has 0 fully saturated rings. The second-order valence-corrected chi connectivity index (χ2v) is 5.90. The Kier molecular flexibility index (Phi) is 4.42. The van der Waals surface area contributed by atoms with Gasteiger partial charge in [0.15, 0.2) is 0 Å². The summed E-state index contributed by atoms with van der Waals surface area (Å²) in [7, 11) is 1.80. The minimum Gasteiger partial charge on any atom is -0.508 e. The van der Waals surface area contributed by atoms with Crippen LogP contribution >= 0.6 is 0 Å². The first kappa shape index (κ1) is 15.9. The molecule has 24 heavy (non-hydrogen) atoms. The van der Waals surface area contributed by atoms with E-state index < -0.39 is 0 Å². The lowest BCUT2D eigenvalue weighted by atomic mass is 10.0. The first-order chi connectivity index (χ1) is 11.5. The van der Waals surface area contributed by atoms with Gasteiger partial charge in [-0.3, -0.25) is 14.8 Å². The molecule has 3 rings (SSSR count). The second-order valence-electron chi connectivity index (χ2n) is 5.90. The van der Waals surface area contributed by atoms with Crippen LogP contribution in [0.1, 0.15) is 22.8 Å². The van der Waals surface area contributed by atoms with Crippen molar-refractivity contribution in [1.29, 1.82) is 0 Å². The average Bonchev–Trinajstić information content (AvgIpc) is 2.62. The summed E-state index contributed by atoms with van der Waals surface area (Å²) in [5.41, 5.74) is 3.16. The summed E-state index contributed by atoms with van der Waals surface area (Å²) in [6, 6.07) is 12.5. The van der Waals surface area contributed by atoms with Gasteiger partial charge in [0.05, 0.1) is 11.0 Å². The van der Waals surface area contributed by atoms with Gasteiger partial charge < -0.3 is 10.0 Å². The highest BCUT2D eigenvalue weighted by Crippen LogP contribution is 2.16. The maximum absolute atomic E-state index is 12.7. The van der Waals surface area contributed by atoms with Crippen LogP contribution in [0.3, 0.4) is 0 Å². The highest BCUT2D eigenvalue weighted by atomic mass is 16.3. The topological polar surface area (TPSA) is 66.3 Å². The van der Waals surface area contributed by atoms with Gasteiger partial charge in [-0.15, -0.1) is 0 Å². The van der Waals surface area contributed by atoms with Gasteiger partial charge >= 0.3 is 0 Å². The first-order valence-electron chi connectivity index (χ1n) is 7.80. The van der Waals surface area contributed by atoms with Crippen molar-refractivity contribution in [3.63, 3.8) is 0 Å². The highest BCUT2D eigenvalue weighted by Gasteiger charge is 2.18. The number of phenols is 1. The normalized spacial score (nSPS) is 12.1. The molecule has 0 aliphatic heterocycles. The molecular formula is C19H19N3O2. The number of likely N-dealkylation sites (N-methyl/N-ethyl adjacent to an activating group) is 1. The Labute approximate surface area is 140 Å². The summed E-state index contributed by atoms with van der Waals surface area (Å²) < 4.78 is 0. The third kappa shape index (κ3) is 3.35. The number of phenolic OH excluding ortho intramolecular Hbond substituents is 1. The molecule has 2 aromatic carbocycles. The zero-order chi connectivity index (χ0) is 17.1. The molecule has 1 unspecified atom stereocenters. The summed E-state index contributed by atoms with van der Waals surface area (Å²) in [4.78, 5) is 22.9. The minimum atomic E-state index is -0.0474. The summed E-state index contributed by atoms with van der Waals surface area (Å²) in [6.07, 6.45) is 3.97. The van der Waals surface area contributed by atoms with E-state index in [2.05, 4.69) is 9.97 Å². The molecule has 1 heterocycles. The van der Waals surface area contributed by atoms with E-state index >= 15 is 0 Å². The molecule has 122 valence electrons. The molecule has 0 spiro atoms. The van der Waals surface area contributed by atoms with Crippen molar-refractivity contribution in [3.8, 4) is 5.75 Å². The molecule has 1 amide bonds. The fraction of sp³-hybridized carbons (Fsp3) is 0.211. The number of aromatic hydroxyl groups is 1. The van der Waals surface area contributed by atoms with Crippen LogP contribution in [0.4, 0.5) is 0 Å². The van der Waals surface area contributed by atoms with Crippen LogP contribution in [0, 0.1) is 0 Å². The Balaban J connectivity index is 1.75. The lowest BCUT2D eigenvalue weighted by Crippen LogP contribution is -2.36. The van der Waals surface area contributed by atoms with E-state index in [1.54, 1.807) is 48.6 Å². The van der Waals surface area contributed by atoms with Gasteiger partial charge in [0.2, 0.25) is 0 Å². The standard InChI is InChI=1S/C19H19N3O2/c1-13(11-14-3-6-16(23)7-4-14)22(2)19(24)15-5-8-17-18(12-15)21-10-9-20-17/h3-10,12-13,23H,11H2,1-2H3. The maximum atomic E-state index is 12.7. The molecule has 0 aliphatic carbocycles. The molecule has 1 atom stereocenters. The molecule has 0 bridgehead atoms. The molecule has 0 radical (unpaired) electrons. The number of amides is 1. The van der Waals surface area contributed by atoms with Crippen LogP contribution < -0.4 is 0 Å². The van der Waals surface area contributed by atoms with E-state index in [0.29, 0.717) is 11.1 Å². The van der Waals surface area contributed by atoms with E-state index in [-0.39, 0.29) is 17.7 Å². The Morgan fingerprint density at radius 2 is 1.75 bits per heavy atom. The number of benzene rings is 2. The van der Waals surface area contributed by atoms with Crippen molar-refractivity contribution in [3.05, 3.63) is 66.0 Å². The number of hydrogen-bond acceptors (Lipinski definition) is 4. The van der Waals surface area contributed by atoms with Crippen LogP contribution in [0.5, 0.6) is 5.75 Å². The van der Waals surface area contributed by atoms with Crippen LogP contribution in [-0.2, 0) is 6.42 Å². The number of fused-ring (bicyclic) bond motifs is 1. The fourth-order valence-electron chi connectivity index (χ4n) is 2.61. The van der Waals surface area contributed by atoms with Crippen molar-refractivity contribution in [2.75, 3.05) is 7.05 Å². The zero-order valence-corrected chi connectivity index (χ0v) is 13.7. The molecule has 1 aromatic heterocycles. The third-order valence-electron chi connectivity index (χ3n) is 4.17. The van der Waals surface area contributed by atoms with E-state index in [1.165, 1.54) is 0 Å². The zero-order valence-electron chi connectivity index (χ0n) is 13.7. The van der Waals surface area contributed by atoms with Gasteiger partial charge in [0.1, 0.15) is 5.75 Å². The monoisotopic (exact) mass is 321 g/mol. The molecule has 0 saturated heterocycles. The summed E-state index contributed by atoms with van der Waals surface area (Å²) >= 11 is 0.